The van der Waals surface area contributed by atoms with Crippen LogP contribution in [0.3, 0.4) is 0 Å². The van der Waals surface area contributed by atoms with Gasteiger partial charge in [-0.2, -0.15) is 46.6 Å². The zero-order valence-electron chi connectivity index (χ0n) is 27.6. The minimum absolute atomic E-state index is 0. The fourth-order valence-electron chi connectivity index (χ4n) is 5.81. The molecule has 2 unspecified atom stereocenters. The van der Waals surface area contributed by atoms with Gasteiger partial charge >= 0.3 is 21.1 Å². The van der Waals surface area contributed by atoms with E-state index in [0.29, 0.717) is 11.8 Å². The average molecular weight is 786 g/mol. The van der Waals surface area contributed by atoms with Gasteiger partial charge in [0.25, 0.3) is 0 Å². The molecule has 0 fully saturated rings. The molecule has 46 heavy (non-hydrogen) atoms. The van der Waals surface area contributed by atoms with E-state index in [4.69, 9.17) is 10.2 Å². The molecule has 5 heteroatoms. The third-order valence-electron chi connectivity index (χ3n) is 9.23. The van der Waals surface area contributed by atoms with E-state index in [2.05, 4.69) is 148 Å². The molecule has 2 atom stereocenters. The van der Waals surface area contributed by atoms with E-state index in [-0.39, 0.29) is 21.1 Å². The molecule has 0 N–H and O–H groups in total. The molecule has 0 aliphatic carbocycles. The van der Waals surface area contributed by atoms with Crippen molar-refractivity contribution in [2.75, 3.05) is 0 Å². The van der Waals surface area contributed by atoms with E-state index in [9.17, 15) is 0 Å². The van der Waals surface area contributed by atoms with Crippen LogP contribution in [0.1, 0.15) is 89.0 Å². The van der Waals surface area contributed by atoms with E-state index in [1.165, 1.54) is 22.5 Å². The first-order valence-corrected chi connectivity index (χ1v) is 16.2. The molecule has 2 heterocycles. The number of aromatic nitrogens is 4. The van der Waals surface area contributed by atoms with Crippen molar-refractivity contribution < 1.29 is 21.1 Å². The molecule has 2 aromatic heterocycles. The molecule has 0 radical (unpaired) electrons. The van der Waals surface area contributed by atoms with Crippen LogP contribution >= 0.6 is 0 Å². The van der Waals surface area contributed by atoms with Gasteiger partial charge < -0.3 is 0 Å². The predicted octanol–water partition coefficient (Wildman–Crippen LogP) is 10.3. The van der Waals surface area contributed by atoms with Gasteiger partial charge in [0.2, 0.25) is 0 Å². The summed E-state index contributed by atoms with van der Waals surface area (Å²) in [6, 6.07) is 45.1. The molecule has 236 valence electrons. The molecule has 4 nitrogen and oxygen atoms in total. The first-order valence-electron chi connectivity index (χ1n) is 16.2. The summed E-state index contributed by atoms with van der Waals surface area (Å²) >= 11 is 0. The quantitative estimate of drug-likeness (QED) is 0.130. The zero-order chi connectivity index (χ0) is 31.6. The zero-order valence-corrected chi connectivity index (χ0v) is 29.8. The number of nitrogens with zero attached hydrogens (tertiary/aromatic N) is 4. The van der Waals surface area contributed by atoms with Crippen LogP contribution in [-0.4, -0.2) is 19.6 Å². The fraction of sp³-hybridized carbons (Fsp3) is 0.268. The van der Waals surface area contributed by atoms with E-state index in [1.54, 1.807) is 0 Å². The second kappa shape index (κ2) is 14.2. The van der Waals surface area contributed by atoms with Gasteiger partial charge in [-0.25, -0.2) is 0 Å². The second-order valence-corrected chi connectivity index (χ2v) is 12.6. The molecule has 0 saturated carbocycles. The first kappa shape index (κ1) is 33.4. The van der Waals surface area contributed by atoms with Crippen LogP contribution in [0.2, 0.25) is 0 Å². The van der Waals surface area contributed by atoms with Crippen LogP contribution in [0.4, 0.5) is 0 Å². The van der Waals surface area contributed by atoms with E-state index in [1.807, 2.05) is 24.3 Å². The first-order chi connectivity index (χ1) is 21.8. The van der Waals surface area contributed by atoms with Gasteiger partial charge in [-0.1, -0.05) is 88.4 Å². The second-order valence-electron chi connectivity index (χ2n) is 12.6. The van der Waals surface area contributed by atoms with Crippen LogP contribution in [0.5, 0.6) is 0 Å². The molecule has 0 bridgehead atoms. The van der Waals surface area contributed by atoms with Gasteiger partial charge in [-0.3, -0.25) is 9.36 Å². The van der Waals surface area contributed by atoms with Crippen molar-refractivity contribution in [2.45, 2.75) is 71.6 Å². The van der Waals surface area contributed by atoms with E-state index < -0.39 is 5.41 Å². The van der Waals surface area contributed by atoms with E-state index >= 15 is 0 Å². The number of hydrogen-bond donors (Lipinski definition) is 0. The summed E-state index contributed by atoms with van der Waals surface area (Å²) in [5.41, 5.74) is 10.5. The molecule has 0 aliphatic heterocycles. The summed E-state index contributed by atoms with van der Waals surface area (Å²) in [7, 11) is 0. The standard InChI is InChI=1S/C41H42N4.Pt/c1-7-29(3)37-27-39(42-44(37)35-23-15-21-33(25-35)31-17-11-9-12-18-31)41(5,6)40-28-38(30(4)8-2)45(43-40)36-24-16-22-34(26-36)32-19-13-10-14-20-32;/h9-22,25-30H,7-8H2,1-6H3;/q-2;+2. The molecule has 6 rings (SSSR count). The van der Waals surface area contributed by atoms with Crippen molar-refractivity contribution in [1.82, 2.24) is 19.6 Å². The molecule has 0 amide bonds. The maximum absolute atomic E-state index is 5.29. The van der Waals surface area contributed by atoms with Gasteiger partial charge in [-0.05, 0) is 73.2 Å². The Balaban J connectivity index is 0.00000417. The number of rotatable bonds is 10. The minimum atomic E-state index is -0.436. The summed E-state index contributed by atoms with van der Waals surface area (Å²) in [6.07, 6.45) is 2.04. The smallest absolute Gasteiger partial charge is 0.262 e. The maximum Gasteiger partial charge on any atom is 2.00 e. The predicted molar refractivity (Wildman–Crippen MR) is 185 cm³/mol. The van der Waals surface area contributed by atoms with Crippen molar-refractivity contribution in [3.63, 3.8) is 0 Å². The van der Waals surface area contributed by atoms with Crippen molar-refractivity contribution in [3.05, 3.63) is 144 Å². The summed E-state index contributed by atoms with van der Waals surface area (Å²) in [6.45, 7) is 13.5. The van der Waals surface area contributed by atoms with Gasteiger partial charge in [0, 0.05) is 11.4 Å². The molecule has 6 aromatic rings. The van der Waals surface area contributed by atoms with Crippen LogP contribution < -0.4 is 0 Å². The Kier molecular flexibility index (Phi) is 10.3. The van der Waals surface area contributed by atoms with Crippen molar-refractivity contribution in [3.8, 4) is 33.6 Å². The third kappa shape index (κ3) is 6.60. The SMILES string of the molecule is CCC(C)c1cc(C(C)(C)c2cc(C(C)CC)n(-c3[c-]ccc(-c4ccccc4)c3)n2)nn1-c1[c-]ccc(-c2ccccc2)c1.[Pt+2]. The van der Waals surface area contributed by atoms with Crippen molar-refractivity contribution in [2.24, 2.45) is 0 Å². The van der Waals surface area contributed by atoms with Gasteiger partial charge in [0.05, 0.1) is 16.8 Å². The Morgan fingerprint density at radius 3 is 1.35 bits per heavy atom. The summed E-state index contributed by atoms with van der Waals surface area (Å²) in [5, 5.41) is 10.6. The maximum atomic E-state index is 5.29. The molecule has 0 saturated heterocycles. The third-order valence-corrected chi connectivity index (χ3v) is 9.23. The topological polar surface area (TPSA) is 35.6 Å². The molecule has 0 aliphatic rings. The summed E-state index contributed by atoms with van der Waals surface area (Å²) < 4.78 is 4.20. The minimum Gasteiger partial charge on any atom is -0.262 e. The monoisotopic (exact) mass is 785 g/mol. The Morgan fingerprint density at radius 2 is 0.978 bits per heavy atom. The Hall–Kier alpha value is -4.01. The Labute approximate surface area is 288 Å². The largest absolute Gasteiger partial charge is 2.00 e. The summed E-state index contributed by atoms with van der Waals surface area (Å²) in [4.78, 5) is 0. The van der Waals surface area contributed by atoms with Crippen LogP contribution in [0.15, 0.2) is 109 Å². The molecule has 4 aromatic carbocycles. The van der Waals surface area contributed by atoms with Crippen LogP contribution in [-0.2, 0) is 26.5 Å². The number of benzene rings is 4. The summed E-state index contributed by atoms with van der Waals surface area (Å²) in [5.74, 6) is 0.666. The average Bonchev–Trinajstić information content (AvgIpc) is 3.76. The van der Waals surface area contributed by atoms with Crippen LogP contribution in [0, 0.1) is 12.1 Å². The van der Waals surface area contributed by atoms with Gasteiger partial charge in [0.1, 0.15) is 0 Å². The Morgan fingerprint density at radius 1 is 0.587 bits per heavy atom. The number of hydrogen-bond acceptors (Lipinski definition) is 2. The van der Waals surface area contributed by atoms with Gasteiger partial charge in [-0.15, -0.1) is 23.3 Å². The molecule has 0 spiro atoms. The Bertz CT molecular complexity index is 1750. The van der Waals surface area contributed by atoms with Gasteiger partial charge in [0.15, 0.2) is 0 Å². The fourth-order valence-corrected chi connectivity index (χ4v) is 5.81. The van der Waals surface area contributed by atoms with Crippen LogP contribution in [0.25, 0.3) is 33.6 Å². The normalized spacial score (nSPS) is 12.8. The molecular weight excluding hydrogens is 744 g/mol. The van der Waals surface area contributed by atoms with Crippen molar-refractivity contribution >= 4 is 0 Å². The van der Waals surface area contributed by atoms with Crippen molar-refractivity contribution in [1.29, 1.82) is 0 Å². The van der Waals surface area contributed by atoms with E-state index in [0.717, 1.165) is 46.7 Å². The molecular formula is C41H42N4Pt.